The molecule has 0 saturated carbocycles. The van der Waals surface area contributed by atoms with Crippen molar-refractivity contribution in [1.82, 2.24) is 0 Å². The molecule has 3 rings (SSSR count). The SMILES string of the molecule is CC1Cc2cc(-c3cccc([N+](=O)[O-])c3)ccc2N1C. The number of non-ortho nitro benzene ring substituents is 1. The third kappa shape index (κ3) is 2.03. The Bertz CT molecular complexity index is 682. The minimum Gasteiger partial charge on any atom is -0.371 e. The summed E-state index contributed by atoms with van der Waals surface area (Å²) in [5.41, 5.74) is 4.63. The van der Waals surface area contributed by atoms with Gasteiger partial charge in [-0.1, -0.05) is 18.2 Å². The first-order chi connectivity index (χ1) is 9.56. The van der Waals surface area contributed by atoms with E-state index in [0.717, 1.165) is 17.5 Å². The summed E-state index contributed by atoms with van der Waals surface area (Å²) in [6, 6.07) is 13.6. The van der Waals surface area contributed by atoms with E-state index in [1.54, 1.807) is 12.1 Å². The number of rotatable bonds is 2. The monoisotopic (exact) mass is 268 g/mol. The van der Waals surface area contributed by atoms with E-state index in [2.05, 4.69) is 31.0 Å². The van der Waals surface area contributed by atoms with E-state index in [4.69, 9.17) is 0 Å². The molecule has 20 heavy (non-hydrogen) atoms. The summed E-state index contributed by atoms with van der Waals surface area (Å²) >= 11 is 0. The summed E-state index contributed by atoms with van der Waals surface area (Å²) in [6.07, 6.45) is 1.02. The highest BCUT2D eigenvalue weighted by molar-refractivity contribution is 5.72. The number of nitrogens with zero attached hydrogens (tertiary/aromatic N) is 2. The van der Waals surface area contributed by atoms with Crippen molar-refractivity contribution in [3.05, 3.63) is 58.1 Å². The van der Waals surface area contributed by atoms with Gasteiger partial charge in [0.15, 0.2) is 0 Å². The molecule has 0 saturated heterocycles. The van der Waals surface area contributed by atoms with Gasteiger partial charge < -0.3 is 4.90 Å². The van der Waals surface area contributed by atoms with Crippen LogP contribution in [0.2, 0.25) is 0 Å². The summed E-state index contributed by atoms with van der Waals surface area (Å²) < 4.78 is 0. The van der Waals surface area contributed by atoms with Gasteiger partial charge in [0, 0.05) is 30.9 Å². The molecule has 1 aliphatic heterocycles. The second-order valence-electron chi connectivity index (χ2n) is 5.31. The van der Waals surface area contributed by atoms with Crippen molar-refractivity contribution in [3.63, 3.8) is 0 Å². The molecule has 0 amide bonds. The molecule has 4 nitrogen and oxygen atoms in total. The average molecular weight is 268 g/mol. The highest BCUT2D eigenvalue weighted by atomic mass is 16.6. The Kier molecular flexibility index (Phi) is 2.93. The van der Waals surface area contributed by atoms with E-state index in [1.165, 1.54) is 17.3 Å². The molecular formula is C16H16N2O2. The first-order valence-electron chi connectivity index (χ1n) is 6.67. The Labute approximate surface area is 117 Å². The Balaban J connectivity index is 2.02. The predicted octanol–water partition coefficient (Wildman–Crippen LogP) is 3.64. The molecule has 2 aromatic rings. The number of nitro benzene ring substituents is 1. The second kappa shape index (κ2) is 4.63. The van der Waals surface area contributed by atoms with Crippen LogP contribution in [0.4, 0.5) is 11.4 Å². The molecule has 0 aliphatic carbocycles. The zero-order chi connectivity index (χ0) is 14.3. The smallest absolute Gasteiger partial charge is 0.270 e. The molecule has 1 aliphatic rings. The van der Waals surface area contributed by atoms with Gasteiger partial charge in [-0.25, -0.2) is 0 Å². The summed E-state index contributed by atoms with van der Waals surface area (Å²) in [6.45, 7) is 2.20. The normalized spacial score (nSPS) is 17.1. The minimum absolute atomic E-state index is 0.133. The molecule has 1 heterocycles. The quantitative estimate of drug-likeness (QED) is 0.617. The standard InChI is InChI=1S/C16H16N2O2/c1-11-8-14-9-13(6-7-16(14)17(11)2)12-4-3-5-15(10-12)18(19)20/h3-7,9-11H,8H2,1-2H3. The van der Waals surface area contributed by atoms with Crippen molar-refractivity contribution < 1.29 is 4.92 Å². The third-order valence-electron chi connectivity index (χ3n) is 4.03. The highest BCUT2D eigenvalue weighted by Crippen LogP contribution is 2.34. The van der Waals surface area contributed by atoms with Crippen LogP contribution in [0.3, 0.4) is 0 Å². The lowest BCUT2D eigenvalue weighted by Crippen LogP contribution is -2.23. The number of anilines is 1. The Morgan fingerprint density at radius 1 is 1.20 bits per heavy atom. The fourth-order valence-electron chi connectivity index (χ4n) is 2.76. The molecule has 1 unspecified atom stereocenters. The van der Waals surface area contributed by atoms with Crippen LogP contribution in [0.5, 0.6) is 0 Å². The van der Waals surface area contributed by atoms with Crippen molar-refractivity contribution in [3.8, 4) is 11.1 Å². The topological polar surface area (TPSA) is 46.4 Å². The van der Waals surface area contributed by atoms with Gasteiger partial charge in [0.1, 0.15) is 0 Å². The Morgan fingerprint density at radius 2 is 1.95 bits per heavy atom. The van der Waals surface area contributed by atoms with Crippen LogP contribution in [0, 0.1) is 10.1 Å². The molecule has 0 N–H and O–H groups in total. The van der Waals surface area contributed by atoms with E-state index < -0.39 is 0 Å². The average Bonchev–Trinajstić information content (AvgIpc) is 2.74. The van der Waals surface area contributed by atoms with Gasteiger partial charge in [0.2, 0.25) is 0 Å². The van der Waals surface area contributed by atoms with Crippen molar-refractivity contribution in [1.29, 1.82) is 0 Å². The van der Waals surface area contributed by atoms with E-state index in [1.807, 2.05) is 12.1 Å². The van der Waals surface area contributed by atoms with Crippen molar-refractivity contribution in [2.24, 2.45) is 0 Å². The van der Waals surface area contributed by atoms with Gasteiger partial charge in [0.05, 0.1) is 4.92 Å². The fraction of sp³-hybridized carbons (Fsp3) is 0.250. The maximum Gasteiger partial charge on any atom is 0.270 e. The lowest BCUT2D eigenvalue weighted by molar-refractivity contribution is -0.384. The van der Waals surface area contributed by atoms with Gasteiger partial charge in [-0.2, -0.15) is 0 Å². The number of benzene rings is 2. The number of likely N-dealkylation sites (N-methyl/N-ethyl adjacent to an activating group) is 1. The van der Waals surface area contributed by atoms with E-state index >= 15 is 0 Å². The van der Waals surface area contributed by atoms with Gasteiger partial charge in [-0.15, -0.1) is 0 Å². The second-order valence-corrected chi connectivity index (χ2v) is 5.31. The molecule has 0 radical (unpaired) electrons. The molecule has 4 heteroatoms. The third-order valence-corrected chi connectivity index (χ3v) is 4.03. The molecular weight excluding hydrogens is 252 g/mol. The highest BCUT2D eigenvalue weighted by Gasteiger charge is 2.22. The van der Waals surface area contributed by atoms with Gasteiger partial charge >= 0.3 is 0 Å². The number of nitro groups is 1. The first-order valence-corrected chi connectivity index (χ1v) is 6.67. The Hall–Kier alpha value is -2.36. The molecule has 2 aromatic carbocycles. The van der Waals surface area contributed by atoms with E-state index in [0.29, 0.717) is 6.04 Å². The number of fused-ring (bicyclic) bond motifs is 1. The molecule has 0 spiro atoms. The zero-order valence-corrected chi connectivity index (χ0v) is 11.5. The molecule has 0 bridgehead atoms. The lowest BCUT2D eigenvalue weighted by Gasteiger charge is -2.18. The molecule has 0 aromatic heterocycles. The van der Waals surface area contributed by atoms with Crippen molar-refractivity contribution in [2.75, 3.05) is 11.9 Å². The maximum atomic E-state index is 10.9. The van der Waals surface area contributed by atoms with Gasteiger partial charge in [0.25, 0.3) is 5.69 Å². The first kappa shape index (κ1) is 12.7. The molecule has 1 atom stereocenters. The van der Waals surface area contributed by atoms with Crippen LogP contribution in [-0.2, 0) is 6.42 Å². The predicted molar refractivity (Wildman–Crippen MR) is 80.1 cm³/mol. The van der Waals surface area contributed by atoms with Crippen LogP contribution in [0.1, 0.15) is 12.5 Å². The molecule has 0 fully saturated rings. The van der Waals surface area contributed by atoms with E-state index in [9.17, 15) is 10.1 Å². The number of hydrogen-bond acceptors (Lipinski definition) is 3. The van der Waals surface area contributed by atoms with Gasteiger partial charge in [-0.05, 0) is 42.2 Å². The summed E-state index contributed by atoms with van der Waals surface area (Å²) in [7, 11) is 2.10. The van der Waals surface area contributed by atoms with Gasteiger partial charge in [-0.3, -0.25) is 10.1 Å². The van der Waals surface area contributed by atoms with Crippen LogP contribution >= 0.6 is 0 Å². The van der Waals surface area contributed by atoms with E-state index in [-0.39, 0.29) is 10.6 Å². The molecule has 102 valence electrons. The zero-order valence-electron chi connectivity index (χ0n) is 11.5. The van der Waals surface area contributed by atoms with Crippen LogP contribution in [0.15, 0.2) is 42.5 Å². The lowest BCUT2D eigenvalue weighted by atomic mass is 10.0. The van der Waals surface area contributed by atoms with Crippen LogP contribution in [0.25, 0.3) is 11.1 Å². The Morgan fingerprint density at radius 3 is 2.70 bits per heavy atom. The van der Waals surface area contributed by atoms with Crippen LogP contribution in [-0.4, -0.2) is 18.0 Å². The minimum atomic E-state index is -0.354. The summed E-state index contributed by atoms with van der Waals surface area (Å²) in [5.74, 6) is 0. The largest absolute Gasteiger partial charge is 0.371 e. The van der Waals surface area contributed by atoms with Crippen LogP contribution < -0.4 is 4.90 Å². The fourth-order valence-corrected chi connectivity index (χ4v) is 2.76. The van der Waals surface area contributed by atoms with Crippen molar-refractivity contribution in [2.45, 2.75) is 19.4 Å². The maximum absolute atomic E-state index is 10.9. The summed E-state index contributed by atoms with van der Waals surface area (Å²) in [5, 5.41) is 10.9. The summed E-state index contributed by atoms with van der Waals surface area (Å²) in [4.78, 5) is 12.8. The van der Waals surface area contributed by atoms with Crippen molar-refractivity contribution >= 4 is 11.4 Å². The number of hydrogen-bond donors (Lipinski definition) is 0.